The summed E-state index contributed by atoms with van der Waals surface area (Å²) in [4.78, 5) is -0.284. The number of hydrogen-bond donors (Lipinski definition) is 0. The van der Waals surface area contributed by atoms with Gasteiger partial charge in [-0.25, -0.2) is 8.42 Å². The molecule has 0 N–H and O–H groups in total. The third kappa shape index (κ3) is 8.57. The smallest absolute Gasteiger partial charge is 0.357 e. The second kappa shape index (κ2) is 14.1. The second-order valence-electron chi connectivity index (χ2n) is 12.8. The predicted molar refractivity (Wildman–Crippen MR) is 179 cm³/mol. The minimum atomic E-state index is -4.55. The van der Waals surface area contributed by atoms with Crippen LogP contribution in [0.3, 0.4) is 0 Å². The largest absolute Gasteiger partial charge is 0.744 e. The van der Waals surface area contributed by atoms with E-state index in [0.717, 1.165) is 10.8 Å². The molecule has 0 aromatic heterocycles. The molecule has 0 bridgehead atoms. The first-order valence-corrected chi connectivity index (χ1v) is 18.8. The zero-order chi connectivity index (χ0) is 33.0. The molecule has 5 rings (SSSR count). The Labute approximate surface area is 279 Å². The fourth-order valence-corrected chi connectivity index (χ4v) is 7.64. The molecule has 0 spiro atoms. The molecular weight excluding hydrogens is 695 g/mol. The molecule has 0 fully saturated rings. The fourth-order valence-electron chi connectivity index (χ4n) is 4.99. The van der Waals surface area contributed by atoms with Crippen LogP contribution in [0.4, 0.5) is 0 Å². The van der Waals surface area contributed by atoms with E-state index in [2.05, 4.69) is 90.1 Å². The maximum atomic E-state index is 11.4. The van der Waals surface area contributed by atoms with Crippen molar-refractivity contribution < 1.29 is 43.6 Å². The first-order chi connectivity index (χ1) is 21.1. The van der Waals surface area contributed by atoms with Crippen molar-refractivity contribution in [2.75, 3.05) is 13.2 Å². The van der Waals surface area contributed by atoms with Gasteiger partial charge in [-0.3, -0.25) is 0 Å². The van der Waals surface area contributed by atoms with Gasteiger partial charge < -0.3 is 14.0 Å². The molecule has 0 heterocycles. The lowest BCUT2D eigenvalue weighted by Crippen LogP contribution is -3.61. The molecule has 0 aliphatic rings. The van der Waals surface area contributed by atoms with Crippen LogP contribution in [0, 0.1) is 7.14 Å². The molecule has 5 nitrogen and oxygen atoms in total. The van der Waals surface area contributed by atoms with Crippen LogP contribution in [-0.4, -0.2) is 26.2 Å². The third-order valence-electron chi connectivity index (χ3n) is 7.40. The van der Waals surface area contributed by atoms with Crippen LogP contribution in [0.2, 0.25) is 0 Å². The zero-order valence-electron chi connectivity index (χ0n) is 27.4. The topological polar surface area (TPSA) is 75.7 Å². The van der Waals surface area contributed by atoms with Crippen LogP contribution >= 0.6 is 0 Å². The number of ether oxygens (including phenoxy) is 2. The van der Waals surface area contributed by atoms with E-state index in [0.29, 0.717) is 35.5 Å². The van der Waals surface area contributed by atoms with E-state index in [1.807, 2.05) is 38.1 Å². The average Bonchev–Trinajstić information content (AvgIpc) is 2.98. The highest BCUT2D eigenvalue weighted by atomic mass is 127. The lowest BCUT2D eigenvalue weighted by atomic mass is 9.87. The Morgan fingerprint density at radius 1 is 0.600 bits per heavy atom. The molecular formula is C38H43IO5S. The van der Waals surface area contributed by atoms with E-state index >= 15 is 0 Å². The van der Waals surface area contributed by atoms with Gasteiger partial charge in [0.25, 0.3) is 0 Å². The summed E-state index contributed by atoms with van der Waals surface area (Å²) in [7, 11) is -4.55. The number of halogens is 1. The Bertz CT molecular complexity index is 1810. The summed E-state index contributed by atoms with van der Waals surface area (Å²) < 4.78 is 48.7. The van der Waals surface area contributed by atoms with E-state index < -0.39 is 10.1 Å². The molecule has 45 heavy (non-hydrogen) atoms. The van der Waals surface area contributed by atoms with Gasteiger partial charge in [0.15, 0.2) is 7.14 Å². The second-order valence-corrected chi connectivity index (χ2v) is 17.2. The lowest BCUT2D eigenvalue weighted by Gasteiger charge is -2.18. The van der Waals surface area contributed by atoms with Crippen LogP contribution in [0.1, 0.15) is 66.5 Å². The van der Waals surface area contributed by atoms with Gasteiger partial charge in [0.2, 0.25) is 0 Å². The van der Waals surface area contributed by atoms with Crippen LogP contribution < -0.4 is 30.7 Å². The minimum absolute atomic E-state index is 0.0703. The summed E-state index contributed by atoms with van der Waals surface area (Å²) in [6, 6.07) is 30.3. The van der Waals surface area contributed by atoms with Gasteiger partial charge in [0.05, 0.1) is 18.1 Å². The molecule has 7 heteroatoms. The Morgan fingerprint density at radius 2 is 1.00 bits per heavy atom. The number of hydrogen-bond acceptors (Lipinski definition) is 5. The standard InChI is InChI=1S/C20H26I.C18H18O5S/c1-19(2,3)15-7-11-17(12-8-15)21-18-13-9-16(10-14-18)20(4,5)6;1-3-22-17-13-7-5-6-8-14(13)18(23-4-2)16-11-12(24(19,20)21)9-10-15(16)17/h7-14H,1-6H3;5-11H,3-4H2,1-2H3,(H,19,20,21)/q+1;/p-1. The minimum Gasteiger partial charge on any atom is -0.744 e. The maximum absolute atomic E-state index is 11.4. The van der Waals surface area contributed by atoms with Gasteiger partial charge in [-0.1, -0.05) is 90.1 Å². The Kier molecular flexibility index (Phi) is 10.9. The van der Waals surface area contributed by atoms with E-state index in [1.54, 1.807) is 6.07 Å². The molecule has 0 aliphatic carbocycles. The number of rotatable bonds is 7. The highest BCUT2D eigenvalue weighted by Gasteiger charge is 2.20. The summed E-state index contributed by atoms with van der Waals surface area (Å²) in [5, 5.41) is 2.96. The van der Waals surface area contributed by atoms with Gasteiger partial charge in [-0.15, -0.1) is 0 Å². The van der Waals surface area contributed by atoms with Gasteiger partial charge in [-0.2, -0.15) is 0 Å². The van der Waals surface area contributed by atoms with Crippen molar-refractivity contribution in [1.29, 1.82) is 0 Å². The van der Waals surface area contributed by atoms with Crippen molar-refractivity contribution in [3.63, 3.8) is 0 Å². The van der Waals surface area contributed by atoms with Crippen molar-refractivity contribution in [3.8, 4) is 11.5 Å². The molecule has 238 valence electrons. The van der Waals surface area contributed by atoms with Crippen molar-refractivity contribution in [2.24, 2.45) is 0 Å². The predicted octanol–water partition coefficient (Wildman–Crippen LogP) is 6.10. The number of fused-ring (bicyclic) bond motifs is 2. The molecule has 0 saturated heterocycles. The van der Waals surface area contributed by atoms with Gasteiger partial charge in [0.1, 0.15) is 21.6 Å². The zero-order valence-corrected chi connectivity index (χ0v) is 30.4. The molecule has 0 atom stereocenters. The van der Waals surface area contributed by atoms with E-state index in [-0.39, 0.29) is 36.9 Å². The van der Waals surface area contributed by atoms with Crippen LogP contribution in [0.25, 0.3) is 21.5 Å². The highest BCUT2D eigenvalue weighted by molar-refractivity contribution is 7.85. The molecule has 0 radical (unpaired) electrons. The van der Waals surface area contributed by atoms with Crippen LogP contribution in [0.15, 0.2) is 95.9 Å². The summed E-state index contributed by atoms with van der Waals surface area (Å²) >= 11 is -0.0703. The highest BCUT2D eigenvalue weighted by Crippen LogP contribution is 2.43. The Hall–Kier alpha value is -3.14. The Morgan fingerprint density at radius 3 is 1.38 bits per heavy atom. The van der Waals surface area contributed by atoms with Crippen LogP contribution in [0.5, 0.6) is 11.5 Å². The Balaban J connectivity index is 0.000000207. The van der Waals surface area contributed by atoms with Crippen molar-refractivity contribution >= 4 is 31.7 Å². The molecule has 5 aromatic rings. The average molecular weight is 739 g/mol. The molecule has 0 unspecified atom stereocenters. The number of benzene rings is 5. The summed E-state index contributed by atoms with van der Waals surface area (Å²) in [5.41, 5.74) is 3.31. The lowest BCUT2D eigenvalue weighted by molar-refractivity contribution is -0.597. The quantitative estimate of drug-likeness (QED) is 0.115. The fraction of sp³-hybridized carbons (Fsp3) is 0.316. The van der Waals surface area contributed by atoms with Crippen molar-refractivity contribution in [1.82, 2.24) is 0 Å². The van der Waals surface area contributed by atoms with Gasteiger partial charge >= 0.3 is 21.2 Å². The maximum Gasteiger partial charge on any atom is 0.357 e. The molecule has 5 aromatic carbocycles. The van der Waals surface area contributed by atoms with Crippen molar-refractivity contribution in [2.45, 2.75) is 71.1 Å². The first-order valence-electron chi connectivity index (χ1n) is 15.2. The third-order valence-corrected chi connectivity index (χ3v) is 10.9. The monoisotopic (exact) mass is 738 g/mol. The summed E-state index contributed by atoms with van der Waals surface area (Å²) in [6.07, 6.45) is 0. The normalized spacial score (nSPS) is 12.1. The first kappa shape index (κ1) is 34.7. The van der Waals surface area contributed by atoms with Gasteiger partial charge in [-0.05, 0) is 78.3 Å². The van der Waals surface area contributed by atoms with E-state index in [1.165, 1.54) is 30.4 Å². The summed E-state index contributed by atoms with van der Waals surface area (Å²) in [6.45, 7) is 18.2. The van der Waals surface area contributed by atoms with Crippen LogP contribution in [-0.2, 0) is 20.9 Å². The van der Waals surface area contributed by atoms with Crippen molar-refractivity contribution in [3.05, 3.63) is 109 Å². The molecule has 0 aliphatic heterocycles. The molecule has 0 saturated carbocycles. The van der Waals surface area contributed by atoms with Gasteiger partial charge in [0, 0.05) is 21.5 Å². The molecule has 0 amide bonds. The van der Waals surface area contributed by atoms with E-state index in [9.17, 15) is 13.0 Å². The van der Waals surface area contributed by atoms with E-state index in [4.69, 9.17) is 9.47 Å². The SMILES string of the molecule is CC(C)(C)c1ccc([I+]c2ccc(C(C)(C)C)cc2)cc1.CCOc1c2ccccc2c(OCC)c2cc(S(=O)(=O)[O-])ccc12. The summed E-state index contributed by atoms with van der Waals surface area (Å²) in [5.74, 6) is 1.21.